The Bertz CT molecular complexity index is 551. The van der Waals surface area contributed by atoms with Crippen molar-refractivity contribution in [1.82, 2.24) is 5.32 Å². The van der Waals surface area contributed by atoms with Gasteiger partial charge in [0, 0.05) is 12.1 Å². The Morgan fingerprint density at radius 2 is 1.85 bits per heavy atom. The SMILES string of the molecule is CCCOc1ccc(-c2ccc(CNC)cc2F)cc1. The molecule has 2 aromatic rings. The highest BCUT2D eigenvalue weighted by Gasteiger charge is 2.06. The Kier molecular flexibility index (Phi) is 5.13. The number of hydrogen-bond acceptors (Lipinski definition) is 2. The molecule has 0 aliphatic heterocycles. The fourth-order valence-corrected chi connectivity index (χ4v) is 2.06. The van der Waals surface area contributed by atoms with Gasteiger partial charge in [0.05, 0.1) is 6.61 Å². The molecule has 106 valence electrons. The first kappa shape index (κ1) is 14.5. The van der Waals surface area contributed by atoms with Gasteiger partial charge >= 0.3 is 0 Å². The number of benzene rings is 2. The molecule has 0 aromatic heterocycles. The van der Waals surface area contributed by atoms with Gasteiger partial charge in [0.1, 0.15) is 11.6 Å². The fourth-order valence-electron chi connectivity index (χ4n) is 2.06. The molecule has 0 aliphatic carbocycles. The molecule has 3 heteroatoms. The molecule has 2 rings (SSSR count). The summed E-state index contributed by atoms with van der Waals surface area (Å²) in [7, 11) is 1.85. The summed E-state index contributed by atoms with van der Waals surface area (Å²) in [6.45, 7) is 3.43. The van der Waals surface area contributed by atoms with Crippen LogP contribution >= 0.6 is 0 Å². The van der Waals surface area contributed by atoms with Gasteiger partial charge in [-0.2, -0.15) is 0 Å². The summed E-state index contributed by atoms with van der Waals surface area (Å²) in [5, 5.41) is 3.01. The van der Waals surface area contributed by atoms with Gasteiger partial charge in [-0.15, -0.1) is 0 Å². The van der Waals surface area contributed by atoms with Gasteiger partial charge in [-0.25, -0.2) is 4.39 Å². The summed E-state index contributed by atoms with van der Waals surface area (Å²) in [5.41, 5.74) is 2.42. The van der Waals surface area contributed by atoms with Crippen LogP contribution in [0.15, 0.2) is 42.5 Å². The van der Waals surface area contributed by atoms with Gasteiger partial charge in [0.15, 0.2) is 0 Å². The van der Waals surface area contributed by atoms with E-state index in [9.17, 15) is 4.39 Å². The summed E-state index contributed by atoms with van der Waals surface area (Å²) in [4.78, 5) is 0. The molecule has 0 fully saturated rings. The number of ether oxygens (including phenoxy) is 1. The first-order chi connectivity index (χ1) is 9.74. The maximum atomic E-state index is 14.1. The van der Waals surface area contributed by atoms with Crippen LogP contribution in [0.2, 0.25) is 0 Å². The zero-order valence-corrected chi connectivity index (χ0v) is 11.9. The maximum Gasteiger partial charge on any atom is 0.131 e. The first-order valence-corrected chi connectivity index (χ1v) is 6.91. The van der Waals surface area contributed by atoms with Crippen molar-refractivity contribution in [3.8, 4) is 16.9 Å². The second-order valence-corrected chi connectivity index (χ2v) is 4.72. The lowest BCUT2D eigenvalue weighted by atomic mass is 10.0. The molecule has 20 heavy (non-hydrogen) atoms. The molecule has 0 radical (unpaired) electrons. The van der Waals surface area contributed by atoms with Gasteiger partial charge in [0.25, 0.3) is 0 Å². The Balaban J connectivity index is 2.18. The lowest BCUT2D eigenvalue weighted by Crippen LogP contribution is -2.05. The van der Waals surface area contributed by atoms with Crippen molar-refractivity contribution in [2.24, 2.45) is 0 Å². The zero-order valence-electron chi connectivity index (χ0n) is 11.9. The van der Waals surface area contributed by atoms with Crippen LogP contribution in [-0.2, 0) is 6.54 Å². The molecule has 2 aromatic carbocycles. The van der Waals surface area contributed by atoms with Crippen LogP contribution < -0.4 is 10.1 Å². The van der Waals surface area contributed by atoms with E-state index < -0.39 is 0 Å². The Labute approximate surface area is 119 Å². The predicted molar refractivity (Wildman–Crippen MR) is 80.4 cm³/mol. The smallest absolute Gasteiger partial charge is 0.131 e. The van der Waals surface area contributed by atoms with Gasteiger partial charge in [-0.05, 0) is 42.8 Å². The zero-order chi connectivity index (χ0) is 14.4. The van der Waals surface area contributed by atoms with Crippen molar-refractivity contribution >= 4 is 0 Å². The van der Waals surface area contributed by atoms with Crippen LogP contribution in [0, 0.1) is 5.82 Å². The molecule has 0 saturated heterocycles. The van der Waals surface area contributed by atoms with Gasteiger partial charge in [-0.1, -0.05) is 31.2 Å². The first-order valence-electron chi connectivity index (χ1n) is 6.91. The molecule has 0 bridgehead atoms. The van der Waals surface area contributed by atoms with Crippen LogP contribution in [-0.4, -0.2) is 13.7 Å². The quantitative estimate of drug-likeness (QED) is 0.859. The van der Waals surface area contributed by atoms with E-state index >= 15 is 0 Å². The van der Waals surface area contributed by atoms with E-state index in [-0.39, 0.29) is 5.82 Å². The molecule has 0 aliphatic rings. The van der Waals surface area contributed by atoms with Gasteiger partial charge < -0.3 is 10.1 Å². The second-order valence-electron chi connectivity index (χ2n) is 4.72. The Morgan fingerprint density at radius 1 is 1.10 bits per heavy atom. The van der Waals surface area contributed by atoms with E-state index in [1.165, 1.54) is 0 Å². The maximum absolute atomic E-state index is 14.1. The lowest BCUT2D eigenvalue weighted by Gasteiger charge is -2.08. The molecule has 0 spiro atoms. The van der Waals surface area contributed by atoms with Crippen LogP contribution in [0.1, 0.15) is 18.9 Å². The van der Waals surface area contributed by atoms with Crippen molar-refractivity contribution in [2.45, 2.75) is 19.9 Å². The Morgan fingerprint density at radius 3 is 2.45 bits per heavy atom. The Hall–Kier alpha value is -1.87. The number of halogens is 1. The predicted octanol–water partition coefficient (Wildman–Crippen LogP) is 4.00. The van der Waals surface area contributed by atoms with Gasteiger partial charge in [0.2, 0.25) is 0 Å². The molecule has 0 atom stereocenters. The summed E-state index contributed by atoms with van der Waals surface area (Å²) < 4.78 is 19.6. The average molecular weight is 273 g/mol. The third-order valence-electron chi connectivity index (χ3n) is 3.05. The number of hydrogen-bond donors (Lipinski definition) is 1. The van der Waals surface area contributed by atoms with Crippen molar-refractivity contribution in [2.75, 3.05) is 13.7 Å². The highest BCUT2D eigenvalue weighted by Crippen LogP contribution is 2.25. The minimum Gasteiger partial charge on any atom is -0.494 e. The van der Waals surface area contributed by atoms with Crippen molar-refractivity contribution in [1.29, 1.82) is 0 Å². The minimum atomic E-state index is -0.194. The molecule has 0 amide bonds. The third-order valence-corrected chi connectivity index (χ3v) is 3.05. The van der Waals surface area contributed by atoms with E-state index in [0.29, 0.717) is 18.7 Å². The normalized spacial score (nSPS) is 10.6. The molecule has 1 N–H and O–H groups in total. The van der Waals surface area contributed by atoms with E-state index in [0.717, 1.165) is 23.3 Å². The number of rotatable bonds is 6. The highest BCUT2D eigenvalue weighted by molar-refractivity contribution is 5.65. The van der Waals surface area contributed by atoms with Crippen LogP contribution in [0.5, 0.6) is 5.75 Å². The van der Waals surface area contributed by atoms with E-state index in [1.54, 1.807) is 6.07 Å². The van der Waals surface area contributed by atoms with Gasteiger partial charge in [-0.3, -0.25) is 0 Å². The molecular formula is C17H20FNO. The summed E-state index contributed by atoms with van der Waals surface area (Å²) in [6.07, 6.45) is 0.976. The largest absolute Gasteiger partial charge is 0.494 e. The van der Waals surface area contributed by atoms with E-state index in [1.807, 2.05) is 43.4 Å². The standard InChI is InChI=1S/C17H20FNO/c1-3-10-20-15-7-5-14(6-8-15)16-9-4-13(12-19-2)11-17(16)18/h4-9,11,19H,3,10,12H2,1-2H3. The molecule has 2 nitrogen and oxygen atoms in total. The summed E-state index contributed by atoms with van der Waals surface area (Å²) in [5.74, 6) is 0.628. The van der Waals surface area contributed by atoms with Crippen LogP contribution in [0.3, 0.4) is 0 Å². The monoisotopic (exact) mass is 273 g/mol. The highest BCUT2D eigenvalue weighted by atomic mass is 19.1. The molecule has 0 heterocycles. The fraction of sp³-hybridized carbons (Fsp3) is 0.294. The third kappa shape index (κ3) is 3.58. The van der Waals surface area contributed by atoms with Crippen LogP contribution in [0.25, 0.3) is 11.1 Å². The molecule has 0 saturated carbocycles. The molecular weight excluding hydrogens is 253 g/mol. The lowest BCUT2D eigenvalue weighted by molar-refractivity contribution is 0.317. The minimum absolute atomic E-state index is 0.194. The van der Waals surface area contributed by atoms with Crippen molar-refractivity contribution in [3.63, 3.8) is 0 Å². The van der Waals surface area contributed by atoms with E-state index in [2.05, 4.69) is 12.2 Å². The number of nitrogens with one attached hydrogen (secondary N) is 1. The molecule has 0 unspecified atom stereocenters. The van der Waals surface area contributed by atoms with E-state index in [4.69, 9.17) is 4.74 Å². The van der Waals surface area contributed by atoms with Crippen LogP contribution in [0.4, 0.5) is 4.39 Å². The van der Waals surface area contributed by atoms with Crippen molar-refractivity contribution in [3.05, 3.63) is 53.8 Å². The average Bonchev–Trinajstić information content (AvgIpc) is 2.46. The summed E-state index contributed by atoms with van der Waals surface area (Å²) >= 11 is 0. The van der Waals surface area contributed by atoms with Crippen molar-refractivity contribution < 1.29 is 9.13 Å². The topological polar surface area (TPSA) is 21.3 Å². The second kappa shape index (κ2) is 7.06. The summed E-state index contributed by atoms with van der Waals surface area (Å²) in [6, 6.07) is 12.9.